The van der Waals surface area contributed by atoms with Gasteiger partial charge in [-0.25, -0.2) is 0 Å². The zero-order valence-corrected chi connectivity index (χ0v) is 8.58. The van der Waals surface area contributed by atoms with Crippen LogP contribution < -0.4 is 10.5 Å². The van der Waals surface area contributed by atoms with E-state index in [0.717, 1.165) is 12.1 Å². The fourth-order valence-corrected chi connectivity index (χ4v) is 1.26. The summed E-state index contributed by atoms with van der Waals surface area (Å²) in [6.45, 7) is -0.433. The predicted molar refractivity (Wildman–Crippen MR) is 55.3 cm³/mol. The number of phenols is 1. The zero-order valence-electron chi connectivity index (χ0n) is 8.58. The van der Waals surface area contributed by atoms with Crippen molar-refractivity contribution >= 4 is 5.69 Å². The number of non-ortho nitro benzene ring substituents is 1. The number of aliphatic hydroxyl groups is 1. The van der Waals surface area contributed by atoms with Crippen LogP contribution in [0.4, 0.5) is 5.69 Å². The van der Waals surface area contributed by atoms with E-state index in [2.05, 4.69) is 0 Å². The first-order chi connectivity index (χ1) is 7.51. The molecule has 0 aliphatic heterocycles. The van der Waals surface area contributed by atoms with Gasteiger partial charge in [0.1, 0.15) is 0 Å². The summed E-state index contributed by atoms with van der Waals surface area (Å²) in [6.07, 6.45) is 0. The molecule has 1 aromatic carbocycles. The number of nitrogens with two attached hydrogens (primary N) is 1. The largest absolute Gasteiger partial charge is 0.504 e. The summed E-state index contributed by atoms with van der Waals surface area (Å²) in [5.74, 6) is -0.345. The Hall–Kier alpha value is -1.86. The van der Waals surface area contributed by atoms with Gasteiger partial charge >= 0.3 is 0 Å². The minimum absolute atomic E-state index is 0.0481. The van der Waals surface area contributed by atoms with Gasteiger partial charge in [-0.15, -0.1) is 0 Å². The van der Waals surface area contributed by atoms with Crippen LogP contribution in [0.1, 0.15) is 11.6 Å². The first-order valence-electron chi connectivity index (χ1n) is 4.43. The average molecular weight is 228 g/mol. The van der Waals surface area contributed by atoms with E-state index in [9.17, 15) is 15.2 Å². The molecular weight excluding hydrogens is 216 g/mol. The maximum Gasteiger partial charge on any atom is 0.273 e. The van der Waals surface area contributed by atoms with Gasteiger partial charge in [0, 0.05) is 11.6 Å². The molecule has 7 heteroatoms. The number of benzene rings is 1. The summed E-state index contributed by atoms with van der Waals surface area (Å²) in [4.78, 5) is 9.98. The number of aromatic hydroxyl groups is 1. The second-order valence-electron chi connectivity index (χ2n) is 3.13. The summed E-state index contributed by atoms with van der Waals surface area (Å²) >= 11 is 0. The van der Waals surface area contributed by atoms with Crippen molar-refractivity contribution in [1.82, 2.24) is 0 Å². The Balaban J connectivity index is 3.35. The summed E-state index contributed by atoms with van der Waals surface area (Å²) in [5.41, 5.74) is 5.32. The number of nitro groups is 1. The maximum atomic E-state index is 10.6. The van der Waals surface area contributed by atoms with Gasteiger partial charge in [0.25, 0.3) is 5.69 Å². The average Bonchev–Trinajstić information content (AvgIpc) is 2.28. The Morgan fingerprint density at radius 3 is 2.69 bits per heavy atom. The van der Waals surface area contributed by atoms with Gasteiger partial charge < -0.3 is 20.7 Å². The molecule has 0 bridgehead atoms. The lowest BCUT2D eigenvalue weighted by atomic mass is 10.1. The molecule has 0 spiro atoms. The molecule has 0 heterocycles. The van der Waals surface area contributed by atoms with Crippen LogP contribution in [-0.4, -0.2) is 28.9 Å². The molecule has 16 heavy (non-hydrogen) atoms. The van der Waals surface area contributed by atoms with E-state index < -0.39 is 17.6 Å². The quantitative estimate of drug-likeness (QED) is 0.503. The highest BCUT2D eigenvalue weighted by Crippen LogP contribution is 2.36. The van der Waals surface area contributed by atoms with Crippen molar-refractivity contribution in [2.75, 3.05) is 13.7 Å². The monoisotopic (exact) mass is 228 g/mol. The number of phenolic OH excluding ortho intramolecular Hbond substituents is 1. The summed E-state index contributed by atoms with van der Waals surface area (Å²) < 4.78 is 4.78. The number of ether oxygens (including phenoxy) is 1. The van der Waals surface area contributed by atoms with Crippen LogP contribution in [0.2, 0.25) is 0 Å². The SMILES string of the molecule is COc1cc([N+](=O)[O-])cc([C@H](N)CO)c1O. The molecule has 0 aromatic heterocycles. The van der Waals surface area contributed by atoms with Crippen molar-refractivity contribution in [2.24, 2.45) is 5.73 Å². The van der Waals surface area contributed by atoms with Crippen molar-refractivity contribution in [3.05, 3.63) is 27.8 Å². The Bertz CT molecular complexity index is 407. The third-order valence-corrected chi connectivity index (χ3v) is 2.12. The summed E-state index contributed by atoms with van der Waals surface area (Å²) in [6, 6.07) is 1.30. The van der Waals surface area contributed by atoms with E-state index in [4.69, 9.17) is 15.6 Å². The van der Waals surface area contributed by atoms with E-state index in [1.54, 1.807) is 0 Å². The number of aliphatic hydroxyl groups excluding tert-OH is 1. The van der Waals surface area contributed by atoms with Crippen molar-refractivity contribution in [3.8, 4) is 11.5 Å². The van der Waals surface area contributed by atoms with Crippen LogP contribution in [-0.2, 0) is 0 Å². The molecule has 7 nitrogen and oxygen atoms in total. The highest BCUT2D eigenvalue weighted by molar-refractivity contribution is 5.54. The van der Waals surface area contributed by atoms with Crippen LogP contribution in [0.5, 0.6) is 11.5 Å². The minimum Gasteiger partial charge on any atom is -0.504 e. The lowest BCUT2D eigenvalue weighted by molar-refractivity contribution is -0.385. The Morgan fingerprint density at radius 1 is 1.62 bits per heavy atom. The van der Waals surface area contributed by atoms with Gasteiger partial charge in [-0.2, -0.15) is 0 Å². The van der Waals surface area contributed by atoms with E-state index >= 15 is 0 Å². The third kappa shape index (κ3) is 2.20. The lowest BCUT2D eigenvalue weighted by Crippen LogP contribution is -2.15. The van der Waals surface area contributed by atoms with Gasteiger partial charge in [0.2, 0.25) is 0 Å². The molecule has 0 fully saturated rings. The first kappa shape index (κ1) is 12.2. The number of hydrogen-bond acceptors (Lipinski definition) is 6. The number of nitro benzene ring substituents is 1. The van der Waals surface area contributed by atoms with Crippen molar-refractivity contribution in [3.63, 3.8) is 0 Å². The number of rotatable bonds is 4. The summed E-state index contributed by atoms with van der Waals surface area (Å²) in [5, 5.41) is 29.1. The Kier molecular flexibility index (Phi) is 3.64. The molecule has 0 unspecified atom stereocenters. The van der Waals surface area contributed by atoms with E-state index in [-0.39, 0.29) is 22.7 Å². The standard InChI is InChI=1S/C9H12N2O5/c1-16-8-3-5(11(14)15)2-6(9(8)13)7(10)4-12/h2-3,7,12-13H,4,10H2,1H3/t7-/m1/s1. The van der Waals surface area contributed by atoms with Crippen molar-refractivity contribution < 1.29 is 19.9 Å². The van der Waals surface area contributed by atoms with E-state index in [1.165, 1.54) is 7.11 Å². The Morgan fingerprint density at radius 2 is 2.25 bits per heavy atom. The molecule has 1 rings (SSSR count). The number of hydrogen-bond donors (Lipinski definition) is 3. The molecule has 0 radical (unpaired) electrons. The van der Waals surface area contributed by atoms with E-state index in [0.29, 0.717) is 0 Å². The zero-order chi connectivity index (χ0) is 12.3. The summed E-state index contributed by atoms with van der Waals surface area (Å²) in [7, 11) is 1.27. The molecule has 0 amide bonds. The molecular formula is C9H12N2O5. The van der Waals surface area contributed by atoms with Gasteiger partial charge in [0.05, 0.1) is 30.7 Å². The molecule has 88 valence electrons. The number of nitrogens with zero attached hydrogens (tertiary/aromatic N) is 1. The fourth-order valence-electron chi connectivity index (χ4n) is 1.26. The predicted octanol–water partition coefficient (Wildman–Crippen LogP) is 0.301. The minimum atomic E-state index is -0.895. The van der Waals surface area contributed by atoms with Crippen LogP contribution >= 0.6 is 0 Å². The molecule has 0 saturated carbocycles. The van der Waals surface area contributed by atoms with Crippen LogP contribution in [0.15, 0.2) is 12.1 Å². The molecule has 0 aliphatic rings. The number of methoxy groups -OCH3 is 1. The second kappa shape index (κ2) is 4.77. The highest BCUT2D eigenvalue weighted by Gasteiger charge is 2.20. The molecule has 0 saturated heterocycles. The van der Waals surface area contributed by atoms with Gasteiger partial charge in [-0.05, 0) is 0 Å². The third-order valence-electron chi connectivity index (χ3n) is 2.12. The molecule has 1 aromatic rings. The van der Waals surface area contributed by atoms with Gasteiger partial charge in [-0.1, -0.05) is 0 Å². The topological polar surface area (TPSA) is 119 Å². The molecule has 1 atom stereocenters. The Labute approximate surface area is 91.2 Å². The van der Waals surface area contributed by atoms with Crippen LogP contribution in [0.25, 0.3) is 0 Å². The van der Waals surface area contributed by atoms with Crippen LogP contribution in [0.3, 0.4) is 0 Å². The maximum absolute atomic E-state index is 10.6. The van der Waals surface area contributed by atoms with Gasteiger partial charge in [-0.3, -0.25) is 10.1 Å². The smallest absolute Gasteiger partial charge is 0.273 e. The molecule has 4 N–H and O–H groups in total. The van der Waals surface area contributed by atoms with Gasteiger partial charge in [0.15, 0.2) is 11.5 Å². The fraction of sp³-hybridized carbons (Fsp3) is 0.333. The lowest BCUT2D eigenvalue weighted by Gasteiger charge is -2.13. The van der Waals surface area contributed by atoms with Crippen LogP contribution in [0, 0.1) is 10.1 Å². The van der Waals surface area contributed by atoms with Crippen molar-refractivity contribution in [1.29, 1.82) is 0 Å². The molecule has 0 aliphatic carbocycles. The normalized spacial score (nSPS) is 12.2. The van der Waals surface area contributed by atoms with Crippen molar-refractivity contribution in [2.45, 2.75) is 6.04 Å². The second-order valence-corrected chi connectivity index (χ2v) is 3.13. The van der Waals surface area contributed by atoms with E-state index in [1.807, 2.05) is 0 Å². The highest BCUT2D eigenvalue weighted by atomic mass is 16.6. The first-order valence-corrected chi connectivity index (χ1v) is 4.43.